The zero-order valence-electron chi connectivity index (χ0n) is 21.9. The number of nitrogens with one attached hydrogen (secondary N) is 3. The fourth-order valence-corrected chi connectivity index (χ4v) is 5.95. The number of H-pyrrole nitrogens is 1. The number of amides is 1. The Balaban J connectivity index is 1.73. The van der Waals surface area contributed by atoms with E-state index in [-0.39, 0.29) is 55.9 Å². The van der Waals surface area contributed by atoms with Gasteiger partial charge in [0.05, 0.1) is 22.3 Å². The Morgan fingerprint density at radius 3 is 2.17 bits per heavy atom. The van der Waals surface area contributed by atoms with E-state index in [1.165, 1.54) is 6.92 Å². The van der Waals surface area contributed by atoms with Crippen molar-refractivity contribution in [2.75, 3.05) is 10.6 Å². The van der Waals surface area contributed by atoms with E-state index in [0.717, 1.165) is 6.07 Å². The lowest BCUT2D eigenvalue weighted by Crippen LogP contribution is -2.25. The molecule has 0 unspecified atom stereocenters. The minimum absolute atomic E-state index is 0.000937. The van der Waals surface area contributed by atoms with Crippen molar-refractivity contribution in [1.82, 2.24) is 4.98 Å². The van der Waals surface area contributed by atoms with Crippen molar-refractivity contribution < 1.29 is 27.4 Å². The summed E-state index contributed by atoms with van der Waals surface area (Å²) in [6, 6.07) is 22.1. The zero-order valence-corrected chi connectivity index (χ0v) is 22.7. The van der Waals surface area contributed by atoms with Crippen molar-refractivity contribution in [3.8, 4) is 11.1 Å². The van der Waals surface area contributed by atoms with Crippen LogP contribution in [0.2, 0.25) is 0 Å². The van der Waals surface area contributed by atoms with Crippen molar-refractivity contribution in [2.24, 2.45) is 0 Å². The van der Waals surface area contributed by atoms with Gasteiger partial charge in [0, 0.05) is 40.4 Å². The normalized spacial score (nSPS) is 12.1. The molecule has 4 aromatic carbocycles. The molecule has 5 aromatic rings. The molecule has 0 radical (unpaired) electrons. The predicted molar refractivity (Wildman–Crippen MR) is 157 cm³/mol. The molecule has 1 heterocycles. The van der Waals surface area contributed by atoms with Crippen LogP contribution in [-0.2, 0) is 14.9 Å². The van der Waals surface area contributed by atoms with E-state index >= 15 is 0 Å². The first-order valence-electron chi connectivity index (χ1n) is 12.7. The van der Waals surface area contributed by atoms with Crippen LogP contribution in [0.4, 0.5) is 17.1 Å². The van der Waals surface area contributed by atoms with E-state index in [4.69, 9.17) is 0 Å². The van der Waals surface area contributed by atoms with Gasteiger partial charge in [-0.1, -0.05) is 60.7 Å². The van der Waals surface area contributed by atoms with Gasteiger partial charge in [0.1, 0.15) is 4.90 Å². The minimum Gasteiger partial charge on any atom is -0.355 e. The van der Waals surface area contributed by atoms with Gasteiger partial charge in [0.2, 0.25) is 5.91 Å². The summed E-state index contributed by atoms with van der Waals surface area (Å²) in [5, 5.41) is 5.68. The van der Waals surface area contributed by atoms with Crippen LogP contribution >= 0.6 is 0 Å². The highest BCUT2D eigenvalue weighted by Gasteiger charge is 2.35. The zero-order chi connectivity index (χ0) is 29.8. The summed E-state index contributed by atoms with van der Waals surface area (Å²) in [6.45, 7) is 1.35. The first kappa shape index (κ1) is 26.8. The molecule has 1 amide bonds. The summed E-state index contributed by atoms with van der Waals surface area (Å²) < 4.78 is 35.5. The van der Waals surface area contributed by atoms with E-state index in [2.05, 4.69) is 15.6 Å². The third kappa shape index (κ3) is 4.46. The predicted octanol–water partition coefficient (Wildman–Crippen LogP) is 4.92. The van der Waals surface area contributed by atoms with Crippen LogP contribution < -0.4 is 16.2 Å². The molecule has 0 aliphatic heterocycles. The number of anilines is 3. The molecule has 0 bridgehead atoms. The number of pyridine rings is 1. The van der Waals surface area contributed by atoms with Crippen molar-refractivity contribution in [3.05, 3.63) is 118 Å². The third-order valence-corrected chi connectivity index (χ3v) is 7.81. The molecule has 0 saturated carbocycles. The topological polar surface area (TPSA) is 162 Å². The Hall–Kier alpha value is -5.39. The number of hydrogen-bond acceptors (Lipinski definition) is 7. The van der Waals surface area contributed by atoms with E-state index in [0.29, 0.717) is 11.4 Å². The van der Waals surface area contributed by atoms with Crippen LogP contribution in [0.5, 0.6) is 0 Å². The van der Waals surface area contributed by atoms with Gasteiger partial charge in [0.25, 0.3) is 15.7 Å². The lowest BCUT2D eigenvalue weighted by molar-refractivity contribution is -0.114. The highest BCUT2D eigenvalue weighted by Crippen LogP contribution is 2.45. The van der Waals surface area contributed by atoms with E-state index in [1.54, 1.807) is 78.9 Å². The maximum Gasteiger partial charge on any atom is 0.296 e. The number of hydrogen-bond donors (Lipinski definition) is 4. The van der Waals surface area contributed by atoms with Crippen molar-refractivity contribution in [3.63, 3.8) is 0 Å². The number of carbonyl (C=O) groups is 3. The first-order valence-corrected chi connectivity index (χ1v) is 14.1. The minimum atomic E-state index is -4.95. The van der Waals surface area contributed by atoms with Gasteiger partial charge in [-0.2, -0.15) is 8.42 Å². The van der Waals surface area contributed by atoms with Crippen LogP contribution in [0.15, 0.2) is 94.6 Å². The van der Waals surface area contributed by atoms with Crippen molar-refractivity contribution in [1.29, 1.82) is 0 Å². The molecule has 1 aliphatic rings. The molecule has 4 N–H and O–H groups in total. The molecule has 208 valence electrons. The molecule has 0 atom stereocenters. The number of ketones is 2. The molecule has 10 nitrogen and oxygen atoms in total. The lowest BCUT2D eigenvalue weighted by atomic mass is 9.80. The molecule has 6 rings (SSSR count). The second kappa shape index (κ2) is 9.91. The van der Waals surface area contributed by atoms with E-state index < -0.39 is 32.1 Å². The second-order valence-corrected chi connectivity index (χ2v) is 11.1. The monoisotopic (exact) mass is 579 g/mol. The maximum absolute atomic E-state index is 14.0. The fraction of sp³-hybridized carbons (Fsp3) is 0.0323. The summed E-state index contributed by atoms with van der Waals surface area (Å²) in [5.41, 5.74) is 0.127. The fourth-order valence-electron chi connectivity index (χ4n) is 5.27. The molecule has 1 aromatic heterocycles. The highest BCUT2D eigenvalue weighted by atomic mass is 32.2. The highest BCUT2D eigenvalue weighted by molar-refractivity contribution is 7.86. The van der Waals surface area contributed by atoms with Gasteiger partial charge < -0.3 is 15.6 Å². The maximum atomic E-state index is 14.0. The average Bonchev–Trinajstić information content (AvgIpc) is 2.95. The SMILES string of the molecule is CC(=O)Nc1cccc(Nc2cc(S(=O)(=O)O)c3[nH]c(=O)c(C(=O)c4ccccc4)c4c3c2C(=O)c2ccccc2-4)c1. The molecule has 0 spiro atoms. The first-order chi connectivity index (χ1) is 20.0. The van der Waals surface area contributed by atoms with Crippen molar-refractivity contribution in [2.45, 2.75) is 11.8 Å². The number of benzene rings is 4. The molecular weight excluding hydrogens is 558 g/mol. The summed E-state index contributed by atoms with van der Waals surface area (Å²) in [5.74, 6) is -1.42. The molecule has 11 heteroatoms. The van der Waals surface area contributed by atoms with Crippen LogP contribution in [0.3, 0.4) is 0 Å². The van der Waals surface area contributed by atoms with Crippen molar-refractivity contribution >= 4 is 55.6 Å². The van der Waals surface area contributed by atoms with Gasteiger partial charge in [-0.15, -0.1) is 0 Å². The van der Waals surface area contributed by atoms with Gasteiger partial charge in [-0.05, 0) is 29.8 Å². The molecule has 1 aliphatic carbocycles. The number of aromatic amines is 1. The molecule has 0 saturated heterocycles. The van der Waals surface area contributed by atoms with Gasteiger partial charge >= 0.3 is 0 Å². The van der Waals surface area contributed by atoms with Crippen LogP contribution in [0.25, 0.3) is 22.0 Å². The Labute approximate surface area is 238 Å². The number of carbonyl (C=O) groups excluding carboxylic acids is 3. The van der Waals surface area contributed by atoms with Crippen LogP contribution in [-0.4, -0.2) is 35.4 Å². The Morgan fingerprint density at radius 2 is 1.48 bits per heavy atom. The Morgan fingerprint density at radius 1 is 0.810 bits per heavy atom. The largest absolute Gasteiger partial charge is 0.355 e. The molecular formula is C31H21N3O7S. The summed E-state index contributed by atoms with van der Waals surface area (Å²) in [6.07, 6.45) is 0. The molecule has 0 fully saturated rings. The quantitative estimate of drug-likeness (QED) is 0.160. The summed E-state index contributed by atoms with van der Waals surface area (Å²) in [4.78, 5) is 54.7. The Kier molecular flexibility index (Phi) is 6.33. The Bertz CT molecular complexity index is 2150. The number of rotatable bonds is 6. The van der Waals surface area contributed by atoms with Gasteiger partial charge in [-0.25, -0.2) is 0 Å². The standard InChI is InChI=1S/C31H21N3O7S/c1-16(35)32-18-10-7-11-19(14-18)33-22-15-23(42(39,40)41)28-26-24(20-12-5-6-13-21(20)30(37)25(22)26)27(31(38)34-28)29(36)17-8-3-2-4-9-17/h2-15,33H,1H3,(H,32,35)(H,34,38)(H,39,40,41). The summed E-state index contributed by atoms with van der Waals surface area (Å²) in [7, 11) is -4.95. The lowest BCUT2D eigenvalue weighted by Gasteiger charge is -2.25. The second-order valence-electron chi connectivity index (χ2n) is 9.68. The van der Waals surface area contributed by atoms with Gasteiger partial charge in [0.15, 0.2) is 11.6 Å². The number of fused-ring (bicyclic) bond motifs is 2. The van der Waals surface area contributed by atoms with E-state index in [1.807, 2.05) is 0 Å². The summed E-state index contributed by atoms with van der Waals surface area (Å²) >= 11 is 0. The third-order valence-electron chi connectivity index (χ3n) is 6.93. The average molecular weight is 580 g/mol. The van der Waals surface area contributed by atoms with E-state index in [9.17, 15) is 32.1 Å². The molecule has 42 heavy (non-hydrogen) atoms. The van der Waals surface area contributed by atoms with Gasteiger partial charge in [-0.3, -0.25) is 23.7 Å². The van der Waals surface area contributed by atoms with Crippen LogP contribution in [0.1, 0.15) is 38.8 Å². The van der Waals surface area contributed by atoms with Crippen LogP contribution in [0, 0.1) is 0 Å². The smallest absolute Gasteiger partial charge is 0.296 e. The number of aromatic nitrogens is 1.